The number of carbonyl (C=O) groups is 1. The predicted octanol–water partition coefficient (Wildman–Crippen LogP) is 3.81. The summed E-state index contributed by atoms with van der Waals surface area (Å²) in [6, 6.07) is 18.4. The molecule has 2 aromatic rings. The highest BCUT2D eigenvalue weighted by Gasteiger charge is 2.35. The highest BCUT2D eigenvalue weighted by Crippen LogP contribution is 2.33. The highest BCUT2D eigenvalue weighted by atomic mass is 35.5. The minimum atomic E-state index is 0. The number of hydrogen-bond acceptors (Lipinski definition) is 3. The number of carbonyl (C=O) groups excluding carboxylic acids is 1. The quantitative estimate of drug-likeness (QED) is 0.818. The molecule has 0 saturated carbocycles. The first kappa shape index (κ1) is 21.3. The fourth-order valence-corrected chi connectivity index (χ4v) is 3.85. The third-order valence-corrected chi connectivity index (χ3v) is 5.47. The van der Waals surface area contributed by atoms with Crippen LogP contribution in [0.25, 0.3) is 0 Å². The van der Waals surface area contributed by atoms with Gasteiger partial charge in [-0.3, -0.25) is 4.79 Å². The first-order valence-corrected chi connectivity index (χ1v) is 9.29. The van der Waals surface area contributed by atoms with Gasteiger partial charge in [0.15, 0.2) is 0 Å². The summed E-state index contributed by atoms with van der Waals surface area (Å²) in [5, 5.41) is 0. The van der Waals surface area contributed by atoms with Crippen LogP contribution in [-0.4, -0.2) is 37.6 Å². The number of likely N-dealkylation sites (tertiary alicyclic amines) is 1. The van der Waals surface area contributed by atoms with Gasteiger partial charge in [0.1, 0.15) is 5.75 Å². The van der Waals surface area contributed by atoms with Gasteiger partial charge >= 0.3 is 0 Å². The van der Waals surface area contributed by atoms with Crippen molar-refractivity contribution in [1.82, 2.24) is 4.90 Å². The summed E-state index contributed by atoms with van der Waals surface area (Å²) in [5.41, 5.74) is 8.40. The maximum Gasteiger partial charge on any atom is 0.223 e. The maximum absolute atomic E-state index is 12.9. The molecule has 3 rings (SSSR count). The molecule has 0 aliphatic carbocycles. The fourth-order valence-electron chi connectivity index (χ4n) is 3.85. The van der Waals surface area contributed by atoms with E-state index in [0.717, 1.165) is 24.4 Å². The number of nitrogens with two attached hydrogens (primary N) is 1. The normalized spacial score (nSPS) is 20.0. The van der Waals surface area contributed by atoms with E-state index in [2.05, 4.69) is 37.3 Å². The molecule has 1 amide bonds. The molecule has 3 atom stereocenters. The number of ether oxygens (including phenoxy) is 1. The van der Waals surface area contributed by atoms with Gasteiger partial charge in [-0.25, -0.2) is 0 Å². The molecule has 1 aliphatic rings. The average Bonchev–Trinajstić information content (AvgIpc) is 3.13. The summed E-state index contributed by atoms with van der Waals surface area (Å²) in [4.78, 5) is 14.9. The minimum Gasteiger partial charge on any atom is -0.497 e. The van der Waals surface area contributed by atoms with Gasteiger partial charge in [0, 0.05) is 25.4 Å². The zero-order chi connectivity index (χ0) is 18.5. The van der Waals surface area contributed by atoms with Crippen LogP contribution in [0, 0.1) is 5.92 Å². The summed E-state index contributed by atoms with van der Waals surface area (Å²) in [5.74, 6) is 1.85. The second-order valence-corrected chi connectivity index (χ2v) is 7.19. The summed E-state index contributed by atoms with van der Waals surface area (Å²) in [7, 11) is 1.66. The van der Waals surface area contributed by atoms with E-state index in [1.165, 1.54) is 5.56 Å². The molecule has 4 nitrogen and oxygen atoms in total. The lowest BCUT2D eigenvalue weighted by Gasteiger charge is -2.20. The van der Waals surface area contributed by atoms with Crippen LogP contribution in [0.3, 0.4) is 0 Å². The Morgan fingerprint density at radius 1 is 1.19 bits per heavy atom. The number of benzene rings is 2. The molecule has 0 radical (unpaired) electrons. The maximum atomic E-state index is 12.9. The van der Waals surface area contributed by atoms with E-state index in [4.69, 9.17) is 10.5 Å². The molecule has 1 aliphatic heterocycles. The Hall–Kier alpha value is -2.04. The first-order chi connectivity index (χ1) is 12.6. The summed E-state index contributed by atoms with van der Waals surface area (Å²) < 4.78 is 5.29. The number of methoxy groups -OCH3 is 1. The van der Waals surface area contributed by atoms with Crippen molar-refractivity contribution < 1.29 is 9.53 Å². The Kier molecular flexibility index (Phi) is 7.69. The summed E-state index contributed by atoms with van der Waals surface area (Å²) in [6.45, 7) is 4.21. The van der Waals surface area contributed by atoms with Crippen molar-refractivity contribution in [2.75, 3.05) is 26.7 Å². The van der Waals surface area contributed by atoms with Gasteiger partial charge in [-0.2, -0.15) is 0 Å². The molecule has 5 heteroatoms. The van der Waals surface area contributed by atoms with E-state index < -0.39 is 0 Å². The lowest BCUT2D eigenvalue weighted by molar-refractivity contribution is -0.130. The second kappa shape index (κ2) is 9.77. The third kappa shape index (κ3) is 5.02. The molecule has 2 aromatic carbocycles. The van der Waals surface area contributed by atoms with E-state index in [9.17, 15) is 4.79 Å². The van der Waals surface area contributed by atoms with Gasteiger partial charge in [0.2, 0.25) is 5.91 Å². The average molecular weight is 389 g/mol. The number of hydrogen-bond donors (Lipinski definition) is 1. The summed E-state index contributed by atoms with van der Waals surface area (Å²) in [6.07, 6.45) is 0.506. The van der Waals surface area contributed by atoms with Crippen molar-refractivity contribution >= 4 is 18.3 Å². The van der Waals surface area contributed by atoms with Crippen LogP contribution in [0.2, 0.25) is 0 Å². The second-order valence-electron chi connectivity index (χ2n) is 7.19. The fraction of sp³-hybridized carbons (Fsp3) is 0.409. The molecule has 1 heterocycles. The Balaban J connectivity index is 0.00000261. The molecule has 0 spiro atoms. The highest BCUT2D eigenvalue weighted by molar-refractivity contribution is 5.85. The van der Waals surface area contributed by atoms with Crippen LogP contribution < -0.4 is 10.5 Å². The molecule has 1 unspecified atom stereocenters. The molecule has 1 saturated heterocycles. The van der Waals surface area contributed by atoms with E-state index >= 15 is 0 Å². The molecule has 2 N–H and O–H groups in total. The predicted molar refractivity (Wildman–Crippen MR) is 112 cm³/mol. The van der Waals surface area contributed by atoms with E-state index in [0.29, 0.717) is 24.8 Å². The van der Waals surface area contributed by atoms with Gasteiger partial charge in [0.05, 0.1) is 7.11 Å². The van der Waals surface area contributed by atoms with Crippen molar-refractivity contribution in [3.8, 4) is 5.75 Å². The zero-order valence-corrected chi connectivity index (χ0v) is 16.8. The topological polar surface area (TPSA) is 55.6 Å². The van der Waals surface area contributed by atoms with E-state index in [-0.39, 0.29) is 24.2 Å². The summed E-state index contributed by atoms with van der Waals surface area (Å²) >= 11 is 0. The van der Waals surface area contributed by atoms with Crippen molar-refractivity contribution in [3.63, 3.8) is 0 Å². The van der Waals surface area contributed by atoms with Gasteiger partial charge in [-0.15, -0.1) is 12.4 Å². The third-order valence-electron chi connectivity index (χ3n) is 5.47. The molecular formula is C22H29ClN2O2. The smallest absolute Gasteiger partial charge is 0.223 e. The Labute approximate surface area is 168 Å². The number of rotatable bonds is 6. The zero-order valence-electron chi connectivity index (χ0n) is 16.0. The molecule has 0 aromatic heterocycles. The van der Waals surface area contributed by atoms with Crippen molar-refractivity contribution in [2.24, 2.45) is 11.7 Å². The lowest BCUT2D eigenvalue weighted by Crippen LogP contribution is -2.30. The SMILES string of the molecule is COc1cccc(C(C)CC(=O)N2C[C@@H](CN)[C@H](c3ccccc3)C2)c1.Cl. The van der Waals surface area contributed by atoms with Gasteiger partial charge in [-0.1, -0.05) is 49.4 Å². The van der Waals surface area contributed by atoms with Gasteiger partial charge < -0.3 is 15.4 Å². The van der Waals surface area contributed by atoms with Crippen LogP contribution >= 0.6 is 12.4 Å². The Bertz CT molecular complexity index is 738. The minimum absolute atomic E-state index is 0. The molecule has 27 heavy (non-hydrogen) atoms. The number of nitrogens with zero attached hydrogens (tertiary/aromatic N) is 1. The largest absolute Gasteiger partial charge is 0.497 e. The number of halogens is 1. The van der Waals surface area contributed by atoms with Crippen LogP contribution in [0.4, 0.5) is 0 Å². The van der Waals surface area contributed by atoms with Crippen molar-refractivity contribution in [3.05, 3.63) is 65.7 Å². The van der Waals surface area contributed by atoms with Crippen LogP contribution in [0.1, 0.15) is 36.3 Å². The lowest BCUT2D eigenvalue weighted by atomic mass is 9.89. The van der Waals surface area contributed by atoms with Crippen molar-refractivity contribution in [2.45, 2.75) is 25.2 Å². The van der Waals surface area contributed by atoms with Crippen molar-refractivity contribution in [1.29, 1.82) is 0 Å². The molecule has 0 bridgehead atoms. The van der Waals surface area contributed by atoms with Gasteiger partial charge in [-0.05, 0) is 41.6 Å². The first-order valence-electron chi connectivity index (χ1n) is 9.29. The standard InChI is InChI=1S/C22H28N2O2.ClH/c1-16(18-9-6-10-20(12-18)26-2)11-22(25)24-14-19(13-23)21(15-24)17-7-4-3-5-8-17;/h3-10,12,16,19,21H,11,13-15,23H2,1-2H3;1H/t16?,19-,21+;/m1./s1. The monoisotopic (exact) mass is 388 g/mol. The molecular weight excluding hydrogens is 360 g/mol. The van der Waals surface area contributed by atoms with Crippen LogP contribution in [0.15, 0.2) is 54.6 Å². The Morgan fingerprint density at radius 2 is 1.93 bits per heavy atom. The van der Waals surface area contributed by atoms with E-state index in [1.807, 2.05) is 29.2 Å². The van der Waals surface area contributed by atoms with Crippen LogP contribution in [0.5, 0.6) is 5.75 Å². The molecule has 1 fully saturated rings. The van der Waals surface area contributed by atoms with Crippen LogP contribution in [-0.2, 0) is 4.79 Å². The van der Waals surface area contributed by atoms with E-state index in [1.54, 1.807) is 7.11 Å². The molecule has 146 valence electrons. The Morgan fingerprint density at radius 3 is 2.59 bits per heavy atom. The number of amides is 1. The van der Waals surface area contributed by atoms with Gasteiger partial charge in [0.25, 0.3) is 0 Å².